The van der Waals surface area contributed by atoms with Crippen molar-refractivity contribution in [2.24, 2.45) is 0 Å². The van der Waals surface area contributed by atoms with E-state index in [0.717, 1.165) is 3.97 Å². The summed E-state index contributed by atoms with van der Waals surface area (Å²) >= 11 is 0. The zero-order chi connectivity index (χ0) is 24.5. The summed E-state index contributed by atoms with van der Waals surface area (Å²) in [6, 6.07) is 16.9. The van der Waals surface area contributed by atoms with Gasteiger partial charge in [0.15, 0.2) is 5.78 Å². The van der Waals surface area contributed by atoms with E-state index in [9.17, 15) is 22.4 Å². The number of Topliss-reactive ketones (excluding diaryl/α,β-unsaturated/α-hetero) is 1. The lowest BCUT2D eigenvalue weighted by atomic mass is 9.98. The van der Waals surface area contributed by atoms with Crippen LogP contribution in [-0.2, 0) is 26.0 Å². The van der Waals surface area contributed by atoms with Crippen molar-refractivity contribution < 1.29 is 22.4 Å². The lowest BCUT2D eigenvalue weighted by molar-refractivity contribution is -0.123. The first kappa shape index (κ1) is 23.2. The fraction of sp³-hybridized carbons (Fsp3) is 0.120. The number of amides is 1. The molecule has 0 aliphatic carbocycles. The maximum absolute atomic E-state index is 14.1. The summed E-state index contributed by atoms with van der Waals surface area (Å²) in [5.74, 6) is -1.10. The highest BCUT2D eigenvalue weighted by Crippen LogP contribution is 2.35. The van der Waals surface area contributed by atoms with E-state index in [1.54, 1.807) is 36.4 Å². The number of carbonyl (C=O) groups is 2. The Balaban J connectivity index is 1.82. The molecule has 174 valence electrons. The maximum Gasteiger partial charge on any atom is 0.268 e. The van der Waals surface area contributed by atoms with Gasteiger partial charge in [0.1, 0.15) is 5.82 Å². The molecule has 7 nitrogen and oxygen atoms in total. The lowest BCUT2D eigenvalue weighted by Gasteiger charge is -2.09. The Labute approximate surface area is 196 Å². The number of anilines is 1. The van der Waals surface area contributed by atoms with E-state index in [4.69, 9.17) is 5.73 Å². The van der Waals surface area contributed by atoms with Crippen LogP contribution in [-0.4, -0.2) is 30.6 Å². The summed E-state index contributed by atoms with van der Waals surface area (Å²) in [7, 11) is -3.99. The topological polar surface area (TPSA) is 111 Å². The molecule has 4 rings (SSSR count). The standard InChI is InChI=1S/C25H22FN3O4S/c1-16(30)28-14-20(31)12-18-11-17(7-10-24(18)27)23-15-29(25-13-19(26)8-9-22(23)25)34(32,33)21-5-3-2-4-6-21/h2-11,13,15H,12,14,27H2,1H3,(H,28,30). The SMILES string of the molecule is CC(=O)NCC(=O)Cc1cc(-c2cn(S(=O)(=O)c3ccccc3)c3cc(F)ccc23)ccc1N. The molecule has 0 atom stereocenters. The van der Waals surface area contributed by atoms with Gasteiger partial charge in [0.2, 0.25) is 5.91 Å². The second-order valence-electron chi connectivity index (χ2n) is 7.86. The molecular weight excluding hydrogens is 457 g/mol. The molecule has 0 aliphatic heterocycles. The summed E-state index contributed by atoms with van der Waals surface area (Å²) in [4.78, 5) is 23.4. The van der Waals surface area contributed by atoms with E-state index in [-0.39, 0.29) is 35.1 Å². The molecule has 4 aromatic rings. The highest BCUT2D eigenvalue weighted by Gasteiger charge is 2.22. The number of nitrogens with two attached hydrogens (primary N) is 1. The molecule has 3 aromatic carbocycles. The number of aromatic nitrogens is 1. The van der Waals surface area contributed by atoms with Crippen molar-refractivity contribution in [2.75, 3.05) is 12.3 Å². The molecule has 0 saturated carbocycles. The molecule has 0 bridgehead atoms. The van der Waals surface area contributed by atoms with Crippen molar-refractivity contribution in [1.29, 1.82) is 0 Å². The Morgan fingerprint density at radius 2 is 1.76 bits per heavy atom. The molecular formula is C25H22FN3O4S. The number of hydrogen-bond acceptors (Lipinski definition) is 5. The number of halogens is 1. The fourth-order valence-corrected chi connectivity index (χ4v) is 5.11. The van der Waals surface area contributed by atoms with E-state index < -0.39 is 15.8 Å². The summed E-state index contributed by atoms with van der Waals surface area (Å²) in [5, 5.41) is 2.99. The van der Waals surface area contributed by atoms with Crippen molar-refractivity contribution >= 4 is 38.3 Å². The van der Waals surface area contributed by atoms with Gasteiger partial charge < -0.3 is 11.1 Å². The minimum Gasteiger partial charge on any atom is -0.398 e. The zero-order valence-electron chi connectivity index (χ0n) is 18.3. The molecule has 34 heavy (non-hydrogen) atoms. The summed E-state index contributed by atoms with van der Waals surface area (Å²) in [6.07, 6.45) is 1.44. The Morgan fingerprint density at radius 1 is 1.03 bits per heavy atom. The number of rotatable bonds is 7. The van der Waals surface area contributed by atoms with Crippen molar-refractivity contribution in [1.82, 2.24) is 9.29 Å². The number of benzene rings is 3. The van der Waals surface area contributed by atoms with Gasteiger partial charge in [0, 0.05) is 36.2 Å². The first-order chi connectivity index (χ1) is 16.2. The fourth-order valence-electron chi connectivity index (χ4n) is 3.73. The average Bonchev–Trinajstić information content (AvgIpc) is 3.19. The van der Waals surface area contributed by atoms with Crippen molar-refractivity contribution in [3.63, 3.8) is 0 Å². The van der Waals surface area contributed by atoms with Crippen molar-refractivity contribution in [2.45, 2.75) is 18.2 Å². The van der Waals surface area contributed by atoms with Gasteiger partial charge in [0.05, 0.1) is 17.0 Å². The monoisotopic (exact) mass is 479 g/mol. The van der Waals surface area contributed by atoms with Gasteiger partial charge in [-0.2, -0.15) is 0 Å². The lowest BCUT2D eigenvalue weighted by Crippen LogP contribution is -2.28. The molecule has 0 saturated heterocycles. The number of nitrogens with one attached hydrogen (secondary N) is 1. The van der Waals surface area contributed by atoms with Gasteiger partial charge >= 0.3 is 0 Å². The van der Waals surface area contributed by atoms with Crippen LogP contribution < -0.4 is 11.1 Å². The van der Waals surface area contributed by atoms with E-state index in [1.165, 1.54) is 43.5 Å². The maximum atomic E-state index is 14.1. The molecule has 1 amide bonds. The number of nitrogen functional groups attached to an aromatic ring is 1. The van der Waals surface area contributed by atoms with Gasteiger partial charge in [-0.1, -0.05) is 24.3 Å². The predicted molar refractivity (Wildman–Crippen MR) is 128 cm³/mol. The van der Waals surface area contributed by atoms with Crippen LogP contribution >= 0.6 is 0 Å². The van der Waals surface area contributed by atoms with E-state index in [2.05, 4.69) is 5.32 Å². The highest BCUT2D eigenvalue weighted by atomic mass is 32.2. The van der Waals surface area contributed by atoms with Crippen LogP contribution in [0.25, 0.3) is 22.0 Å². The van der Waals surface area contributed by atoms with Crippen LogP contribution in [0.15, 0.2) is 77.8 Å². The quantitative estimate of drug-likeness (QED) is 0.394. The highest BCUT2D eigenvalue weighted by molar-refractivity contribution is 7.90. The van der Waals surface area contributed by atoms with Crippen LogP contribution in [0.5, 0.6) is 0 Å². The Bertz CT molecular complexity index is 1510. The minimum absolute atomic E-state index is 0.00443. The van der Waals surface area contributed by atoms with Gasteiger partial charge in [-0.15, -0.1) is 0 Å². The molecule has 0 fully saturated rings. The molecule has 1 heterocycles. The van der Waals surface area contributed by atoms with Crippen LogP contribution in [0.2, 0.25) is 0 Å². The average molecular weight is 480 g/mol. The first-order valence-electron chi connectivity index (χ1n) is 10.4. The third kappa shape index (κ3) is 4.55. The van der Waals surface area contributed by atoms with Crippen LogP contribution in [0, 0.1) is 5.82 Å². The van der Waals surface area contributed by atoms with Crippen molar-refractivity contribution in [3.8, 4) is 11.1 Å². The molecule has 0 spiro atoms. The first-order valence-corrected chi connectivity index (χ1v) is 11.9. The summed E-state index contributed by atoms with van der Waals surface area (Å²) in [6.45, 7) is 1.21. The third-order valence-electron chi connectivity index (χ3n) is 5.41. The number of hydrogen-bond donors (Lipinski definition) is 2. The minimum atomic E-state index is -3.99. The molecule has 0 radical (unpaired) electrons. The van der Waals surface area contributed by atoms with Crippen molar-refractivity contribution in [3.05, 3.63) is 84.3 Å². The molecule has 0 unspecified atom stereocenters. The van der Waals surface area contributed by atoms with E-state index >= 15 is 0 Å². The summed E-state index contributed by atoms with van der Waals surface area (Å²) < 4.78 is 41.9. The Morgan fingerprint density at radius 3 is 2.47 bits per heavy atom. The summed E-state index contributed by atoms with van der Waals surface area (Å²) in [5.41, 5.74) is 8.36. The van der Waals surface area contributed by atoms with Gasteiger partial charge in [0.25, 0.3) is 10.0 Å². The van der Waals surface area contributed by atoms with Crippen LogP contribution in [0.4, 0.5) is 10.1 Å². The predicted octanol–water partition coefficient (Wildman–Crippen LogP) is 3.51. The van der Waals surface area contributed by atoms with Gasteiger partial charge in [-0.25, -0.2) is 16.8 Å². The second kappa shape index (κ2) is 9.11. The third-order valence-corrected chi connectivity index (χ3v) is 7.10. The normalized spacial score (nSPS) is 11.5. The molecule has 9 heteroatoms. The van der Waals surface area contributed by atoms with Gasteiger partial charge in [-0.05, 0) is 53.6 Å². The Kier molecular flexibility index (Phi) is 6.21. The number of ketones is 1. The number of carbonyl (C=O) groups excluding carboxylic acids is 2. The van der Waals surface area contributed by atoms with E-state index in [1.807, 2.05) is 0 Å². The van der Waals surface area contributed by atoms with Crippen LogP contribution in [0.1, 0.15) is 12.5 Å². The largest absolute Gasteiger partial charge is 0.398 e. The Hall–Kier alpha value is -3.98. The molecule has 0 aliphatic rings. The smallest absolute Gasteiger partial charge is 0.268 e. The van der Waals surface area contributed by atoms with Gasteiger partial charge in [-0.3, -0.25) is 9.59 Å². The zero-order valence-corrected chi connectivity index (χ0v) is 19.1. The number of nitrogens with zero attached hydrogens (tertiary/aromatic N) is 1. The molecule has 3 N–H and O–H groups in total. The molecule has 1 aromatic heterocycles. The van der Waals surface area contributed by atoms with Crippen LogP contribution in [0.3, 0.4) is 0 Å². The van der Waals surface area contributed by atoms with E-state index in [0.29, 0.717) is 27.8 Å². The second-order valence-corrected chi connectivity index (χ2v) is 9.67. The number of fused-ring (bicyclic) bond motifs is 1.